The molecule has 0 spiro atoms. The highest BCUT2D eigenvalue weighted by molar-refractivity contribution is 5.94. The molecule has 7 heteroatoms. The van der Waals surface area contributed by atoms with Crippen LogP contribution in [0.2, 0.25) is 0 Å². The topological polar surface area (TPSA) is 83.9 Å². The molecule has 7 nitrogen and oxygen atoms in total. The molecular weight excluding hydrogens is 354 g/mol. The lowest BCUT2D eigenvalue weighted by Gasteiger charge is -2.17. The monoisotopic (exact) mass is 373 g/mol. The molecule has 0 aliphatic carbocycles. The van der Waals surface area contributed by atoms with E-state index < -0.39 is 0 Å². The van der Waals surface area contributed by atoms with Gasteiger partial charge in [-0.25, -0.2) is 4.98 Å². The van der Waals surface area contributed by atoms with Crippen molar-refractivity contribution in [2.45, 2.75) is 13.1 Å². The SMILES string of the molecule is CN(Cc1nc2ccccc2c(=O)[nH]1)C(=O)c1cccc(Cn2cccn2)c1. The Morgan fingerprint density at radius 2 is 2.00 bits per heavy atom. The third-order valence-corrected chi connectivity index (χ3v) is 4.47. The molecule has 0 saturated carbocycles. The smallest absolute Gasteiger partial charge is 0.258 e. The first-order valence-corrected chi connectivity index (χ1v) is 8.90. The number of para-hydroxylation sites is 1. The molecule has 0 atom stereocenters. The molecule has 2 aromatic heterocycles. The Balaban J connectivity index is 1.53. The van der Waals surface area contributed by atoms with Crippen LogP contribution in [0, 0.1) is 0 Å². The lowest BCUT2D eigenvalue weighted by molar-refractivity contribution is 0.0781. The van der Waals surface area contributed by atoms with Gasteiger partial charge < -0.3 is 9.88 Å². The first-order chi connectivity index (χ1) is 13.6. The Morgan fingerprint density at radius 3 is 2.82 bits per heavy atom. The number of nitrogens with zero attached hydrogens (tertiary/aromatic N) is 4. The van der Waals surface area contributed by atoms with E-state index in [1.165, 1.54) is 0 Å². The summed E-state index contributed by atoms with van der Waals surface area (Å²) in [6, 6.07) is 16.5. The number of H-pyrrole nitrogens is 1. The van der Waals surface area contributed by atoms with E-state index in [1.807, 2.05) is 36.5 Å². The molecule has 0 saturated heterocycles. The Kier molecular flexibility index (Phi) is 4.72. The molecule has 0 aliphatic heterocycles. The molecule has 4 aromatic rings. The summed E-state index contributed by atoms with van der Waals surface area (Å²) in [7, 11) is 1.69. The molecule has 140 valence electrons. The van der Waals surface area contributed by atoms with Gasteiger partial charge in [-0.05, 0) is 35.9 Å². The number of hydrogen-bond donors (Lipinski definition) is 1. The molecule has 28 heavy (non-hydrogen) atoms. The molecule has 0 radical (unpaired) electrons. The van der Waals surface area contributed by atoms with E-state index in [4.69, 9.17) is 0 Å². The van der Waals surface area contributed by atoms with E-state index in [0.29, 0.717) is 28.8 Å². The second-order valence-corrected chi connectivity index (χ2v) is 6.60. The van der Waals surface area contributed by atoms with Crippen molar-refractivity contribution in [2.24, 2.45) is 0 Å². The van der Waals surface area contributed by atoms with E-state index in [2.05, 4.69) is 15.1 Å². The Bertz CT molecular complexity index is 1180. The number of rotatable bonds is 5. The summed E-state index contributed by atoms with van der Waals surface area (Å²) in [5, 5.41) is 4.72. The second-order valence-electron chi connectivity index (χ2n) is 6.60. The van der Waals surface area contributed by atoms with Gasteiger partial charge in [0.25, 0.3) is 11.5 Å². The van der Waals surface area contributed by atoms with E-state index in [0.717, 1.165) is 5.56 Å². The van der Waals surface area contributed by atoms with Gasteiger partial charge in [-0.2, -0.15) is 5.10 Å². The van der Waals surface area contributed by atoms with Crippen molar-refractivity contribution in [3.8, 4) is 0 Å². The first kappa shape index (κ1) is 17.7. The first-order valence-electron chi connectivity index (χ1n) is 8.90. The van der Waals surface area contributed by atoms with Crippen molar-refractivity contribution in [2.75, 3.05) is 7.05 Å². The molecule has 0 bridgehead atoms. The number of carbonyl (C=O) groups excluding carboxylic acids is 1. The third kappa shape index (κ3) is 3.68. The average Bonchev–Trinajstić information content (AvgIpc) is 3.20. The number of aromatic amines is 1. The molecule has 2 heterocycles. The number of carbonyl (C=O) groups is 1. The number of aromatic nitrogens is 4. The summed E-state index contributed by atoms with van der Waals surface area (Å²) in [6.45, 7) is 0.805. The van der Waals surface area contributed by atoms with Gasteiger partial charge in [0, 0.05) is 25.0 Å². The minimum absolute atomic E-state index is 0.141. The predicted molar refractivity (Wildman–Crippen MR) is 106 cm³/mol. The van der Waals surface area contributed by atoms with Gasteiger partial charge in [-0.1, -0.05) is 24.3 Å². The summed E-state index contributed by atoms with van der Waals surface area (Å²) >= 11 is 0. The van der Waals surface area contributed by atoms with Gasteiger partial charge in [-0.3, -0.25) is 14.3 Å². The van der Waals surface area contributed by atoms with Gasteiger partial charge in [0.05, 0.1) is 24.0 Å². The second kappa shape index (κ2) is 7.48. The van der Waals surface area contributed by atoms with E-state index in [1.54, 1.807) is 47.1 Å². The molecule has 1 N–H and O–H groups in total. The molecule has 4 rings (SSSR count). The Morgan fingerprint density at radius 1 is 1.14 bits per heavy atom. The van der Waals surface area contributed by atoms with Crippen LogP contribution in [0.3, 0.4) is 0 Å². The van der Waals surface area contributed by atoms with Crippen LogP contribution >= 0.6 is 0 Å². The minimum Gasteiger partial charge on any atom is -0.334 e. The highest BCUT2D eigenvalue weighted by atomic mass is 16.2. The van der Waals surface area contributed by atoms with Gasteiger partial charge in [0.2, 0.25) is 0 Å². The van der Waals surface area contributed by atoms with E-state index in [9.17, 15) is 9.59 Å². The molecule has 0 aliphatic rings. The van der Waals surface area contributed by atoms with Crippen LogP contribution in [0.25, 0.3) is 10.9 Å². The molecule has 0 fully saturated rings. The number of fused-ring (bicyclic) bond motifs is 1. The lowest BCUT2D eigenvalue weighted by atomic mass is 10.1. The van der Waals surface area contributed by atoms with Crippen molar-refractivity contribution < 1.29 is 4.79 Å². The highest BCUT2D eigenvalue weighted by Crippen LogP contribution is 2.11. The van der Waals surface area contributed by atoms with Crippen molar-refractivity contribution in [1.82, 2.24) is 24.6 Å². The summed E-state index contributed by atoms with van der Waals surface area (Å²) in [5.41, 5.74) is 1.97. The summed E-state index contributed by atoms with van der Waals surface area (Å²) in [6.07, 6.45) is 3.60. The van der Waals surface area contributed by atoms with E-state index >= 15 is 0 Å². The fourth-order valence-electron chi connectivity index (χ4n) is 3.11. The largest absolute Gasteiger partial charge is 0.334 e. The van der Waals surface area contributed by atoms with Crippen molar-refractivity contribution in [3.63, 3.8) is 0 Å². The zero-order valence-electron chi connectivity index (χ0n) is 15.4. The number of amides is 1. The van der Waals surface area contributed by atoms with Crippen LogP contribution in [0.4, 0.5) is 0 Å². The van der Waals surface area contributed by atoms with Crippen LogP contribution in [-0.4, -0.2) is 37.6 Å². The average molecular weight is 373 g/mol. The molecular formula is C21H19N5O2. The maximum Gasteiger partial charge on any atom is 0.258 e. The summed E-state index contributed by atoms with van der Waals surface area (Å²) in [5.74, 6) is 0.311. The lowest BCUT2D eigenvalue weighted by Crippen LogP contribution is -2.28. The number of benzene rings is 2. The normalized spacial score (nSPS) is 10.9. The van der Waals surface area contributed by atoms with Gasteiger partial charge in [0.1, 0.15) is 5.82 Å². The third-order valence-electron chi connectivity index (χ3n) is 4.47. The van der Waals surface area contributed by atoms with Crippen LogP contribution < -0.4 is 5.56 Å². The standard InChI is InChI=1S/C21H19N5O2/c1-25(14-19-23-18-9-3-2-8-17(18)20(27)24-19)21(28)16-7-4-6-15(12-16)13-26-11-5-10-22-26/h2-12H,13-14H2,1H3,(H,23,24,27). The van der Waals surface area contributed by atoms with E-state index in [-0.39, 0.29) is 18.0 Å². The van der Waals surface area contributed by atoms with Crippen molar-refractivity contribution in [3.05, 3.63) is 94.3 Å². The van der Waals surface area contributed by atoms with Crippen LogP contribution in [0.15, 0.2) is 71.8 Å². The van der Waals surface area contributed by atoms with Crippen molar-refractivity contribution >= 4 is 16.8 Å². The quantitative estimate of drug-likeness (QED) is 0.582. The Labute approximate surface area is 161 Å². The summed E-state index contributed by atoms with van der Waals surface area (Å²) in [4.78, 5) is 33.8. The zero-order chi connectivity index (χ0) is 19.5. The number of nitrogens with one attached hydrogen (secondary N) is 1. The van der Waals surface area contributed by atoms with Crippen LogP contribution in [0.1, 0.15) is 21.7 Å². The Hall–Kier alpha value is -3.74. The molecule has 0 unspecified atom stereocenters. The van der Waals surface area contributed by atoms with Gasteiger partial charge in [-0.15, -0.1) is 0 Å². The minimum atomic E-state index is -0.206. The predicted octanol–water partition coefficient (Wildman–Crippen LogP) is 2.44. The van der Waals surface area contributed by atoms with Crippen LogP contribution in [-0.2, 0) is 13.1 Å². The molecule has 2 aromatic carbocycles. The van der Waals surface area contributed by atoms with Gasteiger partial charge >= 0.3 is 0 Å². The maximum atomic E-state index is 12.8. The highest BCUT2D eigenvalue weighted by Gasteiger charge is 2.14. The fraction of sp³-hybridized carbons (Fsp3) is 0.143. The summed E-state index contributed by atoms with van der Waals surface area (Å²) < 4.78 is 1.80. The van der Waals surface area contributed by atoms with Crippen molar-refractivity contribution in [1.29, 1.82) is 0 Å². The van der Waals surface area contributed by atoms with Crippen LogP contribution in [0.5, 0.6) is 0 Å². The molecule has 1 amide bonds. The number of hydrogen-bond acceptors (Lipinski definition) is 4. The fourth-order valence-corrected chi connectivity index (χ4v) is 3.11. The zero-order valence-corrected chi connectivity index (χ0v) is 15.4. The van der Waals surface area contributed by atoms with Gasteiger partial charge in [0.15, 0.2) is 0 Å². The maximum absolute atomic E-state index is 12.8.